The highest BCUT2D eigenvalue weighted by Gasteiger charge is 2.26. The number of nitrogens with zero attached hydrogens (tertiary/aromatic N) is 5. The van der Waals surface area contributed by atoms with Crippen LogP contribution in [-0.2, 0) is 20.8 Å². The Kier molecular flexibility index (Phi) is 12.8. The van der Waals surface area contributed by atoms with Gasteiger partial charge >= 0.3 is 6.09 Å². The molecule has 0 saturated heterocycles. The second kappa shape index (κ2) is 16.5. The van der Waals surface area contributed by atoms with Crippen LogP contribution in [0.5, 0.6) is 5.88 Å². The third-order valence-electron chi connectivity index (χ3n) is 6.65. The van der Waals surface area contributed by atoms with Crippen LogP contribution in [0, 0.1) is 11.8 Å². The Morgan fingerprint density at radius 1 is 1.18 bits per heavy atom. The van der Waals surface area contributed by atoms with E-state index in [2.05, 4.69) is 49.8 Å². The van der Waals surface area contributed by atoms with E-state index in [1.165, 1.54) is 4.90 Å². The Labute approximate surface area is 265 Å². The van der Waals surface area contributed by atoms with Crippen molar-refractivity contribution >= 4 is 40.4 Å². The molecule has 45 heavy (non-hydrogen) atoms. The minimum Gasteiger partial charge on any atom is -0.479 e. The van der Waals surface area contributed by atoms with Gasteiger partial charge in [0.15, 0.2) is 0 Å². The van der Waals surface area contributed by atoms with E-state index >= 15 is 0 Å². The van der Waals surface area contributed by atoms with Crippen molar-refractivity contribution in [3.8, 4) is 17.7 Å². The molecule has 0 saturated carbocycles. The van der Waals surface area contributed by atoms with Crippen LogP contribution in [0.1, 0.15) is 59.4 Å². The average molecular weight is 623 g/mol. The predicted molar refractivity (Wildman–Crippen MR) is 175 cm³/mol. The van der Waals surface area contributed by atoms with Crippen LogP contribution in [0.15, 0.2) is 24.4 Å². The van der Waals surface area contributed by atoms with Gasteiger partial charge in [-0.15, -0.1) is 5.10 Å². The maximum absolute atomic E-state index is 12.5. The molecule has 3 rings (SSSR count). The van der Waals surface area contributed by atoms with E-state index in [-0.39, 0.29) is 5.91 Å². The lowest BCUT2D eigenvalue weighted by Gasteiger charge is -2.28. The van der Waals surface area contributed by atoms with Gasteiger partial charge in [-0.2, -0.15) is 4.98 Å². The lowest BCUT2D eigenvalue weighted by Crippen LogP contribution is -2.47. The molecule has 2 aromatic heterocycles. The topological polar surface area (TPSA) is 145 Å². The fraction of sp³-hybridized carbons (Fsp3) is 0.531. The highest BCUT2D eigenvalue weighted by molar-refractivity contribution is 5.88. The lowest BCUT2D eigenvalue weighted by molar-refractivity contribution is -0.125. The molecule has 0 radical (unpaired) electrons. The van der Waals surface area contributed by atoms with Crippen molar-refractivity contribution in [3.05, 3.63) is 30.0 Å². The van der Waals surface area contributed by atoms with Gasteiger partial charge in [0.1, 0.15) is 17.5 Å². The second-order valence-corrected chi connectivity index (χ2v) is 11.4. The van der Waals surface area contributed by atoms with Crippen LogP contribution in [0.3, 0.4) is 0 Å². The lowest BCUT2D eigenvalue weighted by atomic mass is 10.2. The van der Waals surface area contributed by atoms with Gasteiger partial charge < -0.3 is 30.2 Å². The number of anilines is 3. The van der Waals surface area contributed by atoms with Crippen molar-refractivity contribution in [1.29, 1.82) is 0 Å². The molecular formula is C32H46N8O5. The third-order valence-corrected chi connectivity index (χ3v) is 6.65. The third kappa shape index (κ3) is 10.2. The minimum absolute atomic E-state index is 0.253. The molecule has 2 amide bonds. The molecule has 3 N–H and O–H groups in total. The number of aromatic nitrogens is 4. The zero-order valence-electron chi connectivity index (χ0n) is 27.6. The summed E-state index contributed by atoms with van der Waals surface area (Å²) < 4.78 is 17.9. The molecule has 0 unspecified atom stereocenters. The molecule has 244 valence electrons. The Bertz CT molecular complexity index is 1500. The van der Waals surface area contributed by atoms with Gasteiger partial charge in [0.05, 0.1) is 42.9 Å². The molecule has 0 aliphatic rings. The van der Waals surface area contributed by atoms with Crippen molar-refractivity contribution in [3.63, 3.8) is 0 Å². The summed E-state index contributed by atoms with van der Waals surface area (Å²) in [5, 5.41) is 14.9. The fourth-order valence-corrected chi connectivity index (χ4v) is 4.13. The van der Waals surface area contributed by atoms with Gasteiger partial charge in [-0.25, -0.2) is 9.78 Å². The smallest absolute Gasteiger partial charge is 0.410 e. The van der Waals surface area contributed by atoms with Gasteiger partial charge in [0.25, 0.3) is 0 Å². The van der Waals surface area contributed by atoms with Crippen LogP contribution >= 0.6 is 0 Å². The van der Waals surface area contributed by atoms with E-state index in [1.54, 1.807) is 55.2 Å². The highest BCUT2D eigenvalue weighted by atomic mass is 16.6. The van der Waals surface area contributed by atoms with Gasteiger partial charge in [0.2, 0.25) is 17.7 Å². The number of fused-ring (bicyclic) bond motifs is 1. The number of benzene rings is 1. The minimum atomic E-state index is -0.662. The SMILES string of the molecule is CCCNc1nc(Nc2ccc3c(c2)c(OC)nn3CCOC)ncc1C#CCCCNC(=O)[C@H](C)N(C)C(=O)OC(C)(C)C. The van der Waals surface area contributed by atoms with E-state index in [0.717, 1.165) is 29.6 Å². The summed E-state index contributed by atoms with van der Waals surface area (Å²) in [5.74, 6) is 7.65. The Morgan fingerprint density at radius 2 is 1.96 bits per heavy atom. The summed E-state index contributed by atoms with van der Waals surface area (Å²) in [4.78, 5) is 35.2. The van der Waals surface area contributed by atoms with E-state index in [4.69, 9.17) is 14.2 Å². The Morgan fingerprint density at radius 3 is 2.64 bits per heavy atom. The summed E-state index contributed by atoms with van der Waals surface area (Å²) in [6.07, 6.45) is 3.28. The number of methoxy groups -OCH3 is 2. The first-order valence-electron chi connectivity index (χ1n) is 15.1. The molecule has 13 nitrogen and oxygen atoms in total. The molecule has 3 aromatic rings. The second-order valence-electron chi connectivity index (χ2n) is 11.4. The maximum atomic E-state index is 12.5. The summed E-state index contributed by atoms with van der Waals surface area (Å²) in [6.45, 7) is 11.4. The van der Waals surface area contributed by atoms with E-state index in [0.29, 0.717) is 55.7 Å². The average Bonchev–Trinajstić information content (AvgIpc) is 3.36. The number of hydrogen-bond donors (Lipinski definition) is 3. The molecule has 2 heterocycles. The van der Waals surface area contributed by atoms with Crippen LogP contribution in [0.4, 0.5) is 22.2 Å². The van der Waals surface area contributed by atoms with Gasteiger partial charge in [-0.05, 0) is 58.7 Å². The summed E-state index contributed by atoms with van der Waals surface area (Å²) in [6, 6.07) is 5.21. The largest absolute Gasteiger partial charge is 0.479 e. The normalized spacial score (nSPS) is 11.7. The summed E-state index contributed by atoms with van der Waals surface area (Å²) in [7, 11) is 4.81. The molecule has 0 bridgehead atoms. The van der Waals surface area contributed by atoms with E-state index < -0.39 is 17.7 Å². The van der Waals surface area contributed by atoms with Gasteiger partial charge in [-0.1, -0.05) is 18.8 Å². The first kappa shape index (κ1) is 34.9. The van der Waals surface area contributed by atoms with Crippen molar-refractivity contribution < 1.29 is 23.8 Å². The molecule has 0 fully saturated rings. The number of nitrogens with one attached hydrogen (secondary N) is 3. The number of likely N-dealkylation sites (N-methyl/N-ethyl adjacent to an activating group) is 1. The number of hydrogen-bond acceptors (Lipinski definition) is 10. The van der Waals surface area contributed by atoms with Gasteiger partial charge in [0, 0.05) is 39.4 Å². The number of carbonyl (C=O) groups is 2. The zero-order chi connectivity index (χ0) is 33.0. The fourth-order valence-electron chi connectivity index (χ4n) is 4.13. The van der Waals surface area contributed by atoms with Gasteiger partial charge in [-0.3, -0.25) is 14.4 Å². The van der Waals surface area contributed by atoms with Crippen molar-refractivity contribution in [1.82, 2.24) is 30.0 Å². The first-order valence-corrected chi connectivity index (χ1v) is 15.1. The monoisotopic (exact) mass is 622 g/mol. The molecule has 1 atom stereocenters. The number of rotatable bonds is 14. The Hall–Kier alpha value is -4.57. The van der Waals surface area contributed by atoms with Crippen LogP contribution in [-0.4, -0.2) is 89.3 Å². The van der Waals surface area contributed by atoms with Crippen molar-refractivity contribution in [2.24, 2.45) is 0 Å². The highest BCUT2D eigenvalue weighted by Crippen LogP contribution is 2.29. The van der Waals surface area contributed by atoms with E-state index in [9.17, 15) is 9.59 Å². The Balaban J connectivity index is 1.61. The number of ether oxygens (including phenoxy) is 3. The predicted octanol–water partition coefficient (Wildman–Crippen LogP) is 4.55. The van der Waals surface area contributed by atoms with Crippen LogP contribution in [0.25, 0.3) is 10.9 Å². The van der Waals surface area contributed by atoms with Crippen molar-refractivity contribution in [2.75, 3.05) is 51.6 Å². The number of carbonyl (C=O) groups excluding carboxylic acids is 2. The first-order chi connectivity index (χ1) is 21.5. The number of amides is 2. The summed E-state index contributed by atoms with van der Waals surface area (Å²) in [5.41, 5.74) is 1.78. The standard InChI is InChI=1S/C32H46N8O5/c1-9-16-33-27-23(13-11-10-12-17-34-28(41)22(2)39(6)31(42)45-32(3,4)5)21-35-30(37-27)36-24-14-15-26-25(20-24)29(44-8)38-40(26)18-19-43-7/h14-15,20-22H,9-10,12,16-19H2,1-8H3,(H,34,41)(H2,33,35,36,37)/t22-/m0/s1. The number of unbranched alkanes of at least 4 members (excludes halogenated alkanes) is 1. The summed E-state index contributed by atoms with van der Waals surface area (Å²) >= 11 is 0. The quantitative estimate of drug-likeness (QED) is 0.173. The zero-order valence-corrected chi connectivity index (χ0v) is 27.6. The molecule has 13 heteroatoms. The molecule has 0 aliphatic carbocycles. The molecule has 1 aromatic carbocycles. The molecule has 0 aliphatic heterocycles. The molecular weight excluding hydrogens is 576 g/mol. The molecule has 0 spiro atoms. The van der Waals surface area contributed by atoms with E-state index in [1.807, 2.05) is 22.9 Å². The van der Waals surface area contributed by atoms with Crippen LogP contribution in [0.2, 0.25) is 0 Å². The van der Waals surface area contributed by atoms with Crippen molar-refractivity contribution in [2.45, 2.75) is 72.1 Å². The maximum Gasteiger partial charge on any atom is 0.410 e. The van der Waals surface area contributed by atoms with Crippen LogP contribution < -0.4 is 20.7 Å².